The van der Waals surface area contributed by atoms with Crippen molar-refractivity contribution in [1.29, 1.82) is 0 Å². The van der Waals surface area contributed by atoms with Crippen LogP contribution >= 0.6 is 15.9 Å². The predicted molar refractivity (Wildman–Crippen MR) is 63.9 cm³/mol. The molecular weight excluding hydrogens is 254 g/mol. The van der Waals surface area contributed by atoms with E-state index in [1.165, 1.54) is 0 Å². The molecule has 1 aromatic carbocycles. The van der Waals surface area contributed by atoms with E-state index >= 15 is 0 Å². The molecule has 0 unspecified atom stereocenters. The maximum Gasteiger partial charge on any atom is 0.136 e. The minimum absolute atomic E-state index is 0.795. The van der Waals surface area contributed by atoms with Crippen molar-refractivity contribution in [3.05, 3.63) is 47.1 Å². The number of hydrogen-bond donors (Lipinski definition) is 0. The number of hydrogen-bond acceptors (Lipinski definition) is 2. The molecule has 15 heavy (non-hydrogen) atoms. The van der Waals surface area contributed by atoms with Gasteiger partial charge in [-0.15, -0.1) is 0 Å². The van der Waals surface area contributed by atoms with Crippen molar-refractivity contribution in [3.63, 3.8) is 0 Å². The molecule has 0 saturated heterocycles. The monoisotopic (exact) mass is 263 g/mol. The van der Waals surface area contributed by atoms with Gasteiger partial charge in [-0.05, 0) is 15.9 Å². The lowest BCUT2D eigenvalue weighted by Gasteiger charge is -2.05. The van der Waals surface area contributed by atoms with E-state index in [1.807, 2.05) is 36.4 Å². The molecule has 0 atom stereocenters. The highest BCUT2D eigenvalue weighted by molar-refractivity contribution is 9.10. The summed E-state index contributed by atoms with van der Waals surface area (Å²) in [6.07, 6.45) is 1.75. The van der Waals surface area contributed by atoms with Gasteiger partial charge in [0, 0.05) is 17.8 Å². The van der Waals surface area contributed by atoms with Gasteiger partial charge in [0.2, 0.25) is 0 Å². The fraction of sp³-hybridized carbons (Fsp3) is 0.0833. The van der Waals surface area contributed by atoms with E-state index < -0.39 is 0 Å². The Labute approximate surface area is 97.1 Å². The summed E-state index contributed by atoms with van der Waals surface area (Å²) < 4.78 is 6.09. The van der Waals surface area contributed by atoms with Crippen molar-refractivity contribution in [2.45, 2.75) is 0 Å². The maximum atomic E-state index is 5.22. The van der Waals surface area contributed by atoms with Gasteiger partial charge in [0.05, 0.1) is 17.3 Å². The summed E-state index contributed by atoms with van der Waals surface area (Å²) in [5.41, 5.74) is 2.00. The third-order valence-corrected chi connectivity index (χ3v) is 2.71. The summed E-state index contributed by atoms with van der Waals surface area (Å²) in [5.74, 6) is 0.795. The SMILES string of the molecule is COc1cc(-c2ccccc2)ncc1Br. The number of halogens is 1. The molecule has 0 aliphatic carbocycles. The van der Waals surface area contributed by atoms with Gasteiger partial charge in [0.1, 0.15) is 5.75 Å². The summed E-state index contributed by atoms with van der Waals surface area (Å²) in [5, 5.41) is 0. The molecule has 0 N–H and O–H groups in total. The third kappa shape index (κ3) is 2.18. The summed E-state index contributed by atoms with van der Waals surface area (Å²) in [7, 11) is 1.65. The average molecular weight is 264 g/mol. The Morgan fingerprint density at radius 2 is 1.93 bits per heavy atom. The Balaban J connectivity index is 2.46. The van der Waals surface area contributed by atoms with Crippen molar-refractivity contribution in [2.75, 3.05) is 7.11 Å². The van der Waals surface area contributed by atoms with Crippen molar-refractivity contribution < 1.29 is 4.74 Å². The van der Waals surface area contributed by atoms with Gasteiger partial charge < -0.3 is 4.74 Å². The molecule has 0 amide bonds. The van der Waals surface area contributed by atoms with Gasteiger partial charge in [-0.25, -0.2) is 0 Å². The Morgan fingerprint density at radius 1 is 1.20 bits per heavy atom. The topological polar surface area (TPSA) is 22.1 Å². The first-order valence-electron chi connectivity index (χ1n) is 4.56. The highest BCUT2D eigenvalue weighted by Gasteiger charge is 2.04. The van der Waals surface area contributed by atoms with Crippen LogP contribution in [0, 0.1) is 0 Å². The average Bonchev–Trinajstić information content (AvgIpc) is 2.31. The molecule has 3 heteroatoms. The van der Waals surface area contributed by atoms with Crippen molar-refractivity contribution in [1.82, 2.24) is 4.98 Å². The van der Waals surface area contributed by atoms with E-state index in [0.717, 1.165) is 21.5 Å². The lowest BCUT2D eigenvalue weighted by molar-refractivity contribution is 0.412. The van der Waals surface area contributed by atoms with E-state index in [4.69, 9.17) is 4.74 Å². The quantitative estimate of drug-likeness (QED) is 0.827. The number of nitrogens with zero attached hydrogens (tertiary/aromatic N) is 1. The zero-order valence-corrected chi connectivity index (χ0v) is 9.86. The zero-order valence-electron chi connectivity index (χ0n) is 8.27. The molecule has 0 aliphatic heterocycles. The minimum atomic E-state index is 0.795. The van der Waals surface area contributed by atoms with Crippen molar-refractivity contribution >= 4 is 15.9 Å². The molecule has 0 spiro atoms. The van der Waals surface area contributed by atoms with Crippen LogP contribution in [-0.2, 0) is 0 Å². The first-order valence-corrected chi connectivity index (χ1v) is 5.35. The third-order valence-electron chi connectivity index (χ3n) is 2.11. The molecule has 0 radical (unpaired) electrons. The number of methoxy groups -OCH3 is 1. The minimum Gasteiger partial charge on any atom is -0.495 e. The van der Waals surface area contributed by atoms with Crippen LogP contribution in [0.3, 0.4) is 0 Å². The number of benzene rings is 1. The lowest BCUT2D eigenvalue weighted by Crippen LogP contribution is -1.88. The molecule has 0 bridgehead atoms. The highest BCUT2D eigenvalue weighted by Crippen LogP contribution is 2.28. The second-order valence-corrected chi connectivity index (χ2v) is 3.92. The van der Waals surface area contributed by atoms with E-state index in [0.29, 0.717) is 0 Å². The summed E-state index contributed by atoms with van der Waals surface area (Å²) in [6.45, 7) is 0. The van der Waals surface area contributed by atoms with Gasteiger partial charge in [-0.1, -0.05) is 30.3 Å². The van der Waals surface area contributed by atoms with Crippen LogP contribution in [0.25, 0.3) is 11.3 Å². The molecule has 0 fully saturated rings. The zero-order chi connectivity index (χ0) is 10.7. The van der Waals surface area contributed by atoms with Crippen LogP contribution in [0.1, 0.15) is 0 Å². The Hall–Kier alpha value is -1.35. The number of aromatic nitrogens is 1. The maximum absolute atomic E-state index is 5.22. The van der Waals surface area contributed by atoms with E-state index in [1.54, 1.807) is 13.3 Å². The van der Waals surface area contributed by atoms with Crippen LogP contribution < -0.4 is 4.74 Å². The van der Waals surface area contributed by atoms with E-state index in [9.17, 15) is 0 Å². The Bertz CT molecular complexity index is 456. The van der Waals surface area contributed by atoms with Crippen molar-refractivity contribution in [3.8, 4) is 17.0 Å². The van der Waals surface area contributed by atoms with E-state index in [2.05, 4.69) is 20.9 Å². The lowest BCUT2D eigenvalue weighted by atomic mass is 10.1. The second kappa shape index (κ2) is 4.45. The van der Waals surface area contributed by atoms with Crippen molar-refractivity contribution in [2.24, 2.45) is 0 Å². The van der Waals surface area contributed by atoms with Crippen LogP contribution in [-0.4, -0.2) is 12.1 Å². The number of pyridine rings is 1. The molecule has 1 heterocycles. The smallest absolute Gasteiger partial charge is 0.136 e. The van der Waals surface area contributed by atoms with Gasteiger partial charge in [-0.2, -0.15) is 0 Å². The van der Waals surface area contributed by atoms with Crippen LogP contribution in [0.5, 0.6) is 5.75 Å². The largest absolute Gasteiger partial charge is 0.495 e. The fourth-order valence-electron chi connectivity index (χ4n) is 1.34. The van der Waals surface area contributed by atoms with Gasteiger partial charge in [0.15, 0.2) is 0 Å². The first kappa shape index (κ1) is 10.2. The molecular formula is C12H10BrNO. The van der Waals surface area contributed by atoms with E-state index in [-0.39, 0.29) is 0 Å². The Kier molecular flexibility index (Phi) is 3.02. The highest BCUT2D eigenvalue weighted by atomic mass is 79.9. The predicted octanol–water partition coefficient (Wildman–Crippen LogP) is 3.52. The molecule has 2 rings (SSSR count). The molecule has 2 aromatic rings. The summed E-state index contributed by atoms with van der Waals surface area (Å²) in [4.78, 5) is 4.33. The normalized spacial score (nSPS) is 10.0. The number of ether oxygens (including phenoxy) is 1. The van der Waals surface area contributed by atoms with Crippen LogP contribution in [0.2, 0.25) is 0 Å². The molecule has 0 saturated carbocycles. The molecule has 76 valence electrons. The van der Waals surface area contributed by atoms with Gasteiger partial charge in [-0.3, -0.25) is 4.98 Å². The van der Waals surface area contributed by atoms with Crippen LogP contribution in [0.4, 0.5) is 0 Å². The second-order valence-electron chi connectivity index (χ2n) is 3.07. The Morgan fingerprint density at radius 3 is 2.60 bits per heavy atom. The van der Waals surface area contributed by atoms with Gasteiger partial charge >= 0.3 is 0 Å². The number of rotatable bonds is 2. The van der Waals surface area contributed by atoms with Gasteiger partial charge in [0.25, 0.3) is 0 Å². The summed E-state index contributed by atoms with van der Waals surface area (Å²) >= 11 is 3.38. The summed E-state index contributed by atoms with van der Waals surface area (Å²) in [6, 6.07) is 11.9. The molecule has 1 aromatic heterocycles. The van der Waals surface area contributed by atoms with Crippen LogP contribution in [0.15, 0.2) is 47.1 Å². The molecule has 0 aliphatic rings. The standard InChI is InChI=1S/C12H10BrNO/c1-15-12-7-11(14-8-10(12)13)9-5-3-2-4-6-9/h2-8H,1H3. The first-order chi connectivity index (χ1) is 7.31. The fourth-order valence-corrected chi connectivity index (χ4v) is 1.72. The molecule has 2 nitrogen and oxygen atoms in total.